The van der Waals surface area contributed by atoms with Gasteiger partial charge >= 0.3 is 5.97 Å². The topological polar surface area (TPSA) is 107 Å². The van der Waals surface area contributed by atoms with Crippen molar-refractivity contribution >= 4 is 15.8 Å². The summed E-state index contributed by atoms with van der Waals surface area (Å²) in [6, 6.07) is 11.1. The Labute approximate surface area is 120 Å². The fourth-order valence-electron chi connectivity index (χ4n) is 0.709. The molecule has 0 aliphatic rings. The highest BCUT2D eigenvalue weighted by molar-refractivity contribution is 7.89. The third-order valence-corrected chi connectivity index (χ3v) is 1.45. The average molecular weight is 305 g/mol. The SMILES string of the molecule is CCOC(=O)C(N)CO.CS(C)(=O)=O.c1ccccc1. The minimum Gasteiger partial charge on any atom is -0.465 e. The van der Waals surface area contributed by atoms with Gasteiger partial charge in [0.25, 0.3) is 0 Å². The normalized spacial score (nSPS) is 11.1. The molecule has 3 N–H and O–H groups in total. The maximum Gasteiger partial charge on any atom is 0.325 e. The number of aliphatic hydroxyl groups excluding tert-OH is 1. The Balaban J connectivity index is 0. The van der Waals surface area contributed by atoms with E-state index in [0.29, 0.717) is 6.61 Å². The lowest BCUT2D eigenvalue weighted by atomic mass is 10.3. The fourth-order valence-corrected chi connectivity index (χ4v) is 0.709. The predicted molar refractivity (Wildman–Crippen MR) is 78.9 cm³/mol. The summed E-state index contributed by atoms with van der Waals surface area (Å²) >= 11 is 0. The van der Waals surface area contributed by atoms with Gasteiger partial charge < -0.3 is 15.6 Å². The second-order valence-electron chi connectivity index (χ2n) is 3.84. The predicted octanol–water partition coefficient (Wildman–Crippen LogP) is 0.217. The van der Waals surface area contributed by atoms with Gasteiger partial charge in [0.2, 0.25) is 0 Å². The largest absolute Gasteiger partial charge is 0.465 e. The number of sulfone groups is 1. The number of carbonyl (C=O) groups excluding carboxylic acids is 1. The summed E-state index contributed by atoms with van der Waals surface area (Å²) in [6.07, 6.45) is 2.32. The van der Waals surface area contributed by atoms with Gasteiger partial charge in [-0.05, 0) is 6.92 Å². The van der Waals surface area contributed by atoms with Gasteiger partial charge in [-0.3, -0.25) is 4.79 Å². The summed E-state index contributed by atoms with van der Waals surface area (Å²) in [5.74, 6) is -0.556. The molecular formula is C13H23NO5S. The van der Waals surface area contributed by atoms with Crippen LogP contribution in [-0.2, 0) is 19.4 Å². The average Bonchev–Trinajstić information content (AvgIpc) is 2.39. The number of nitrogens with two attached hydrogens (primary N) is 1. The third kappa shape index (κ3) is 21.8. The lowest BCUT2D eigenvalue weighted by Gasteiger charge is -2.05. The molecule has 1 rings (SSSR count). The first-order valence-corrected chi connectivity index (χ1v) is 8.20. The molecule has 0 heterocycles. The fraction of sp³-hybridized carbons (Fsp3) is 0.462. The molecule has 1 unspecified atom stereocenters. The van der Waals surface area contributed by atoms with Gasteiger partial charge in [-0.2, -0.15) is 0 Å². The van der Waals surface area contributed by atoms with Crippen molar-refractivity contribution in [2.45, 2.75) is 13.0 Å². The second-order valence-corrected chi connectivity index (χ2v) is 6.12. The standard InChI is InChI=1S/C6H6.C5H11NO3.C2H6O2S/c1-2-4-6-5-3-1;1-2-9-5(8)4(6)3-7;1-5(2,3)4/h1-6H;4,7H,2-3,6H2,1H3;1-2H3. The van der Waals surface area contributed by atoms with Crippen LogP contribution in [0.2, 0.25) is 0 Å². The van der Waals surface area contributed by atoms with Crippen LogP contribution < -0.4 is 5.73 Å². The number of hydrogen-bond donors (Lipinski definition) is 2. The third-order valence-electron chi connectivity index (χ3n) is 1.45. The minimum absolute atomic E-state index is 0.298. The van der Waals surface area contributed by atoms with Crippen molar-refractivity contribution in [3.05, 3.63) is 36.4 Å². The van der Waals surface area contributed by atoms with Crippen LogP contribution in [0.3, 0.4) is 0 Å². The van der Waals surface area contributed by atoms with Crippen LogP contribution >= 0.6 is 0 Å². The van der Waals surface area contributed by atoms with E-state index in [2.05, 4.69) is 4.74 Å². The zero-order valence-electron chi connectivity index (χ0n) is 12.0. The van der Waals surface area contributed by atoms with Crippen LogP contribution in [0.15, 0.2) is 36.4 Å². The monoisotopic (exact) mass is 305 g/mol. The smallest absolute Gasteiger partial charge is 0.325 e. The van der Waals surface area contributed by atoms with E-state index >= 15 is 0 Å². The lowest BCUT2D eigenvalue weighted by Crippen LogP contribution is -2.35. The quantitative estimate of drug-likeness (QED) is 0.774. The van der Waals surface area contributed by atoms with Crippen LogP contribution in [0.1, 0.15) is 6.92 Å². The molecule has 0 fully saturated rings. The molecule has 116 valence electrons. The van der Waals surface area contributed by atoms with Crippen molar-refractivity contribution in [1.29, 1.82) is 0 Å². The number of benzene rings is 1. The first kappa shape index (κ1) is 20.9. The summed E-state index contributed by atoms with van der Waals surface area (Å²) < 4.78 is 23.7. The van der Waals surface area contributed by atoms with Gasteiger partial charge in [0, 0.05) is 12.5 Å². The Kier molecular flexibility index (Phi) is 13.1. The molecule has 0 aromatic heterocycles. The van der Waals surface area contributed by atoms with E-state index < -0.39 is 21.8 Å². The molecule has 1 aromatic carbocycles. The summed E-state index contributed by atoms with van der Waals surface area (Å²) in [4.78, 5) is 10.5. The molecule has 0 aliphatic heterocycles. The Morgan fingerprint density at radius 1 is 1.15 bits per heavy atom. The van der Waals surface area contributed by atoms with Gasteiger partial charge in [0.05, 0.1) is 13.2 Å². The second kappa shape index (κ2) is 12.6. The molecule has 1 atom stereocenters. The van der Waals surface area contributed by atoms with Crippen LogP contribution in [0.25, 0.3) is 0 Å². The molecule has 0 saturated carbocycles. The van der Waals surface area contributed by atoms with E-state index in [0.717, 1.165) is 12.5 Å². The highest BCUT2D eigenvalue weighted by Crippen LogP contribution is 1.82. The summed E-state index contributed by atoms with van der Waals surface area (Å²) in [7, 11) is -2.67. The van der Waals surface area contributed by atoms with Crippen molar-refractivity contribution in [3.8, 4) is 0 Å². The molecule has 0 radical (unpaired) electrons. The molecule has 0 saturated heterocycles. The van der Waals surface area contributed by atoms with Gasteiger partial charge in [-0.15, -0.1) is 0 Å². The zero-order chi connectivity index (χ0) is 16.0. The summed E-state index contributed by atoms with van der Waals surface area (Å²) in [5, 5.41) is 8.31. The van der Waals surface area contributed by atoms with Crippen LogP contribution in [0, 0.1) is 0 Å². The summed E-state index contributed by atoms with van der Waals surface area (Å²) in [5.41, 5.74) is 5.08. The van der Waals surface area contributed by atoms with Crippen LogP contribution in [0.5, 0.6) is 0 Å². The lowest BCUT2D eigenvalue weighted by molar-refractivity contribution is -0.145. The summed E-state index contributed by atoms with van der Waals surface area (Å²) in [6.45, 7) is 1.62. The Bertz CT molecular complexity index is 399. The van der Waals surface area contributed by atoms with Crippen molar-refractivity contribution in [3.63, 3.8) is 0 Å². The zero-order valence-corrected chi connectivity index (χ0v) is 12.8. The van der Waals surface area contributed by atoms with Crippen molar-refractivity contribution in [2.75, 3.05) is 25.7 Å². The molecule has 0 amide bonds. The van der Waals surface area contributed by atoms with Crippen molar-refractivity contribution in [1.82, 2.24) is 0 Å². The van der Waals surface area contributed by atoms with Crippen molar-refractivity contribution < 1.29 is 23.1 Å². The van der Waals surface area contributed by atoms with Gasteiger partial charge in [0.1, 0.15) is 15.9 Å². The van der Waals surface area contributed by atoms with E-state index in [-0.39, 0.29) is 6.61 Å². The highest BCUT2D eigenvalue weighted by atomic mass is 32.2. The van der Waals surface area contributed by atoms with E-state index in [9.17, 15) is 13.2 Å². The molecule has 1 aromatic rings. The maximum absolute atomic E-state index is 10.5. The Morgan fingerprint density at radius 2 is 1.45 bits per heavy atom. The number of hydrogen-bond acceptors (Lipinski definition) is 6. The minimum atomic E-state index is -2.67. The molecule has 0 spiro atoms. The van der Waals surface area contributed by atoms with Crippen LogP contribution in [0.4, 0.5) is 0 Å². The Hall–Kier alpha value is -1.44. The number of aliphatic hydroxyl groups is 1. The number of ether oxygens (including phenoxy) is 1. The van der Waals surface area contributed by atoms with E-state index in [1.54, 1.807) is 6.92 Å². The van der Waals surface area contributed by atoms with Crippen LogP contribution in [-0.4, -0.2) is 51.3 Å². The van der Waals surface area contributed by atoms with Gasteiger partial charge in [-0.25, -0.2) is 8.42 Å². The highest BCUT2D eigenvalue weighted by Gasteiger charge is 2.11. The molecule has 7 heteroatoms. The molecular weight excluding hydrogens is 282 g/mol. The van der Waals surface area contributed by atoms with Gasteiger partial charge in [-0.1, -0.05) is 36.4 Å². The Morgan fingerprint density at radius 3 is 1.65 bits per heavy atom. The first-order valence-electron chi connectivity index (χ1n) is 5.90. The van der Waals surface area contributed by atoms with Gasteiger partial charge in [0.15, 0.2) is 0 Å². The first-order chi connectivity index (χ1) is 9.22. The van der Waals surface area contributed by atoms with Crippen molar-refractivity contribution in [2.24, 2.45) is 5.73 Å². The number of carbonyl (C=O) groups is 1. The molecule has 0 aliphatic carbocycles. The number of rotatable bonds is 3. The van der Waals surface area contributed by atoms with E-state index in [1.165, 1.54) is 0 Å². The maximum atomic E-state index is 10.5. The molecule has 0 bridgehead atoms. The van der Waals surface area contributed by atoms with E-state index in [1.807, 2.05) is 36.4 Å². The molecule has 20 heavy (non-hydrogen) atoms. The van der Waals surface area contributed by atoms with E-state index in [4.69, 9.17) is 10.8 Å². The molecule has 6 nitrogen and oxygen atoms in total. The number of esters is 1.